The van der Waals surface area contributed by atoms with Crippen LogP contribution in [0.15, 0.2) is 0 Å². The molecule has 1 unspecified atom stereocenters. The van der Waals surface area contributed by atoms with Crippen molar-refractivity contribution in [1.82, 2.24) is 10.8 Å². The van der Waals surface area contributed by atoms with Crippen LogP contribution in [-0.2, 0) is 0 Å². The van der Waals surface area contributed by atoms with Gasteiger partial charge in [-0.3, -0.25) is 0 Å². The summed E-state index contributed by atoms with van der Waals surface area (Å²) in [6.45, 7) is 9.19. The van der Waals surface area contributed by atoms with Crippen molar-refractivity contribution in [2.45, 2.75) is 45.7 Å². The van der Waals surface area contributed by atoms with Gasteiger partial charge in [-0.2, -0.15) is 0 Å². The van der Waals surface area contributed by atoms with Crippen LogP contribution in [0.5, 0.6) is 0 Å². The highest BCUT2D eigenvalue weighted by atomic mass is 16.5. The predicted octanol–water partition coefficient (Wildman–Crippen LogP) is 1.13. The van der Waals surface area contributed by atoms with Crippen molar-refractivity contribution in [1.29, 1.82) is 0 Å². The van der Waals surface area contributed by atoms with Crippen LogP contribution in [0.3, 0.4) is 0 Å². The summed E-state index contributed by atoms with van der Waals surface area (Å²) < 4.78 is 0. The molecule has 0 aliphatic rings. The molecule has 68 valence electrons. The van der Waals surface area contributed by atoms with Gasteiger partial charge in [0.2, 0.25) is 0 Å². The van der Waals surface area contributed by atoms with Crippen molar-refractivity contribution < 1.29 is 5.21 Å². The monoisotopic (exact) mass is 160 g/mol. The zero-order chi connectivity index (χ0) is 8.91. The van der Waals surface area contributed by atoms with E-state index in [4.69, 9.17) is 5.21 Å². The number of hydrogen-bond acceptors (Lipinski definition) is 3. The van der Waals surface area contributed by atoms with Gasteiger partial charge in [-0.05, 0) is 33.7 Å². The van der Waals surface area contributed by atoms with Gasteiger partial charge in [-0.15, -0.1) is 0 Å². The van der Waals surface area contributed by atoms with E-state index >= 15 is 0 Å². The number of nitrogens with one attached hydrogen (secondary N) is 2. The molecular formula is C8H20N2O. The van der Waals surface area contributed by atoms with Gasteiger partial charge in [0.25, 0.3) is 0 Å². The first-order chi connectivity index (χ1) is 5.04. The average Bonchev–Trinajstić information content (AvgIpc) is 1.99. The Morgan fingerprint density at radius 1 is 1.45 bits per heavy atom. The Balaban J connectivity index is 3.77. The largest absolute Gasteiger partial charge is 0.316 e. The smallest absolute Gasteiger partial charge is 0.0467 e. The fourth-order valence-corrected chi connectivity index (χ4v) is 0.762. The third-order valence-corrected chi connectivity index (χ3v) is 2.11. The van der Waals surface area contributed by atoms with Gasteiger partial charge < -0.3 is 10.5 Å². The van der Waals surface area contributed by atoms with E-state index in [0.717, 1.165) is 13.0 Å². The zero-order valence-corrected chi connectivity index (χ0v) is 7.94. The number of hydroxylamine groups is 1. The van der Waals surface area contributed by atoms with Crippen LogP contribution in [0.1, 0.15) is 34.1 Å². The minimum atomic E-state index is -0.0508. The van der Waals surface area contributed by atoms with Gasteiger partial charge in [-0.25, -0.2) is 5.48 Å². The Morgan fingerprint density at radius 3 is 2.36 bits per heavy atom. The van der Waals surface area contributed by atoms with E-state index < -0.39 is 0 Å². The number of rotatable bonds is 5. The van der Waals surface area contributed by atoms with Crippen LogP contribution in [-0.4, -0.2) is 23.3 Å². The summed E-state index contributed by atoms with van der Waals surface area (Å²) in [5, 5.41) is 12.0. The Kier molecular flexibility index (Phi) is 4.65. The fraction of sp³-hybridized carbons (Fsp3) is 1.00. The maximum absolute atomic E-state index is 8.68. The summed E-state index contributed by atoms with van der Waals surface area (Å²) in [5.74, 6) is 0. The van der Waals surface area contributed by atoms with Crippen LogP contribution in [0.25, 0.3) is 0 Å². The molecule has 0 aromatic heterocycles. The summed E-state index contributed by atoms with van der Waals surface area (Å²) >= 11 is 0. The molecule has 1 atom stereocenters. The normalized spacial score (nSPS) is 15.0. The first-order valence-electron chi connectivity index (χ1n) is 4.19. The maximum atomic E-state index is 8.68. The van der Waals surface area contributed by atoms with Gasteiger partial charge in [0.1, 0.15) is 0 Å². The molecule has 0 rings (SSSR count). The van der Waals surface area contributed by atoms with Crippen molar-refractivity contribution in [2.24, 2.45) is 0 Å². The van der Waals surface area contributed by atoms with Crippen molar-refractivity contribution in [3.8, 4) is 0 Å². The van der Waals surface area contributed by atoms with Crippen LogP contribution in [0.4, 0.5) is 0 Å². The second-order valence-electron chi connectivity index (χ2n) is 3.50. The van der Waals surface area contributed by atoms with Gasteiger partial charge in [0.15, 0.2) is 0 Å². The zero-order valence-electron chi connectivity index (χ0n) is 7.94. The average molecular weight is 160 g/mol. The topological polar surface area (TPSA) is 44.3 Å². The summed E-state index contributed by atoms with van der Waals surface area (Å²) in [4.78, 5) is 0. The molecule has 3 heteroatoms. The van der Waals surface area contributed by atoms with Crippen molar-refractivity contribution in [2.75, 3.05) is 6.54 Å². The lowest BCUT2D eigenvalue weighted by molar-refractivity contribution is 0.0910. The van der Waals surface area contributed by atoms with E-state index in [0.29, 0.717) is 0 Å². The van der Waals surface area contributed by atoms with Gasteiger partial charge in [0.05, 0.1) is 0 Å². The summed E-state index contributed by atoms with van der Waals surface area (Å²) in [5.41, 5.74) is 2.20. The molecule has 0 fully saturated rings. The molecule has 0 aliphatic carbocycles. The molecule has 0 amide bonds. The van der Waals surface area contributed by atoms with E-state index in [9.17, 15) is 0 Å². The van der Waals surface area contributed by atoms with Crippen molar-refractivity contribution >= 4 is 0 Å². The molecule has 3 nitrogen and oxygen atoms in total. The molecule has 0 aromatic rings. The summed E-state index contributed by atoms with van der Waals surface area (Å²) in [6, 6.07) is 0.0639. The van der Waals surface area contributed by atoms with E-state index in [1.165, 1.54) is 0 Å². The second kappa shape index (κ2) is 4.70. The van der Waals surface area contributed by atoms with Gasteiger partial charge in [0, 0.05) is 11.6 Å². The summed E-state index contributed by atoms with van der Waals surface area (Å²) in [6.07, 6.45) is 1.11. The molecule has 0 spiro atoms. The molecule has 11 heavy (non-hydrogen) atoms. The lowest BCUT2D eigenvalue weighted by atomic mass is 9.97. The third-order valence-electron chi connectivity index (χ3n) is 2.11. The SMILES string of the molecule is CCCNC(C)(C)C(C)NO. The third kappa shape index (κ3) is 3.70. The maximum Gasteiger partial charge on any atom is 0.0467 e. The highest BCUT2D eigenvalue weighted by Crippen LogP contribution is 2.07. The molecule has 0 saturated carbocycles. The van der Waals surface area contributed by atoms with Gasteiger partial charge in [-0.1, -0.05) is 6.92 Å². The van der Waals surface area contributed by atoms with Crippen molar-refractivity contribution in [3.05, 3.63) is 0 Å². The Hall–Kier alpha value is -0.120. The van der Waals surface area contributed by atoms with E-state index in [-0.39, 0.29) is 11.6 Å². The highest BCUT2D eigenvalue weighted by Gasteiger charge is 2.23. The van der Waals surface area contributed by atoms with Crippen LogP contribution >= 0.6 is 0 Å². The minimum Gasteiger partial charge on any atom is -0.316 e. The molecule has 0 aromatic carbocycles. The quantitative estimate of drug-likeness (QED) is 0.528. The fourth-order valence-electron chi connectivity index (χ4n) is 0.762. The Labute approximate surface area is 69.1 Å². The second-order valence-corrected chi connectivity index (χ2v) is 3.50. The van der Waals surface area contributed by atoms with Crippen molar-refractivity contribution in [3.63, 3.8) is 0 Å². The number of hydrogen-bond donors (Lipinski definition) is 3. The van der Waals surface area contributed by atoms with E-state index in [2.05, 4.69) is 31.6 Å². The summed E-state index contributed by atoms with van der Waals surface area (Å²) in [7, 11) is 0. The van der Waals surface area contributed by atoms with E-state index in [1.54, 1.807) is 0 Å². The first kappa shape index (κ1) is 10.9. The Bertz CT molecular complexity index is 104. The van der Waals surface area contributed by atoms with Crippen LogP contribution in [0, 0.1) is 0 Å². The predicted molar refractivity (Wildman–Crippen MR) is 46.8 cm³/mol. The molecule has 0 heterocycles. The Morgan fingerprint density at radius 2 is 2.00 bits per heavy atom. The molecule has 0 saturated heterocycles. The molecule has 0 bridgehead atoms. The molecule has 3 N–H and O–H groups in total. The molecule has 0 radical (unpaired) electrons. The lowest BCUT2D eigenvalue weighted by Crippen LogP contribution is -2.53. The molecular weight excluding hydrogens is 140 g/mol. The lowest BCUT2D eigenvalue weighted by Gasteiger charge is -2.31. The first-order valence-corrected chi connectivity index (χ1v) is 4.19. The van der Waals surface area contributed by atoms with Crippen LogP contribution < -0.4 is 10.8 Å². The molecule has 0 aliphatic heterocycles. The standard InChI is InChI=1S/C8H20N2O/c1-5-6-9-8(3,4)7(2)10-11/h7,9-11H,5-6H2,1-4H3. The van der Waals surface area contributed by atoms with Crippen LogP contribution in [0.2, 0.25) is 0 Å². The van der Waals surface area contributed by atoms with E-state index in [1.807, 2.05) is 6.92 Å². The van der Waals surface area contributed by atoms with Gasteiger partial charge >= 0.3 is 0 Å². The highest BCUT2D eigenvalue weighted by molar-refractivity contribution is 4.86. The minimum absolute atomic E-state index is 0.0508.